The molecule has 1 aliphatic carbocycles. The van der Waals surface area contributed by atoms with Crippen LogP contribution in [0.1, 0.15) is 72.8 Å². The molecule has 6 nitrogen and oxygen atoms in total. The van der Waals surface area contributed by atoms with Crippen molar-refractivity contribution in [2.24, 2.45) is 0 Å². The first-order chi connectivity index (χ1) is 17.0. The zero-order chi connectivity index (χ0) is 25.8. The number of hydrogen-bond acceptors (Lipinski definition) is 5. The molecule has 36 heavy (non-hydrogen) atoms. The highest BCUT2D eigenvalue weighted by Gasteiger charge is 2.34. The molecule has 4 aromatic rings. The summed E-state index contributed by atoms with van der Waals surface area (Å²) in [6.45, 7) is 11.6. The van der Waals surface area contributed by atoms with Crippen molar-refractivity contribution >= 4 is 27.5 Å². The van der Waals surface area contributed by atoms with Crippen molar-refractivity contribution in [3.05, 3.63) is 63.4 Å². The summed E-state index contributed by atoms with van der Waals surface area (Å²) in [5.74, 6) is -1.01. The van der Waals surface area contributed by atoms with Crippen LogP contribution in [-0.4, -0.2) is 31.4 Å². The third kappa shape index (κ3) is 4.46. The topological polar surface area (TPSA) is 77.2 Å². The summed E-state index contributed by atoms with van der Waals surface area (Å²) in [7, 11) is 0. The molecule has 0 amide bonds. The number of benzene rings is 1. The molecule has 1 aromatic carbocycles. The molecule has 0 radical (unpaired) electrons. The number of pyridine rings is 1. The number of hydrogen-bond donors (Lipinski definition) is 1. The lowest BCUT2D eigenvalue weighted by Gasteiger charge is -2.28. The van der Waals surface area contributed by atoms with Crippen LogP contribution in [0.2, 0.25) is 0 Å². The first-order valence-corrected chi connectivity index (χ1v) is 13.3. The second-order valence-electron chi connectivity index (χ2n) is 10.7. The van der Waals surface area contributed by atoms with Crippen molar-refractivity contribution in [1.29, 1.82) is 0 Å². The van der Waals surface area contributed by atoms with Gasteiger partial charge in [0, 0.05) is 32.8 Å². The van der Waals surface area contributed by atoms with Crippen LogP contribution in [0.3, 0.4) is 0 Å². The second-order valence-corrected chi connectivity index (χ2v) is 11.8. The van der Waals surface area contributed by atoms with Crippen molar-refractivity contribution in [1.82, 2.24) is 14.8 Å². The Morgan fingerprint density at radius 1 is 1.14 bits per heavy atom. The number of rotatable bonds is 5. The molecule has 188 valence electrons. The van der Waals surface area contributed by atoms with E-state index in [2.05, 4.69) is 23.3 Å². The largest absolute Gasteiger partial charge is 0.479 e. The van der Waals surface area contributed by atoms with Crippen LogP contribution in [0.5, 0.6) is 0 Å². The van der Waals surface area contributed by atoms with E-state index in [0.717, 1.165) is 57.7 Å². The fourth-order valence-corrected chi connectivity index (χ4v) is 6.62. The number of carbonyl (C=O) groups is 1. The van der Waals surface area contributed by atoms with Gasteiger partial charge >= 0.3 is 5.97 Å². The summed E-state index contributed by atoms with van der Waals surface area (Å²) in [5, 5.41) is 16.1. The van der Waals surface area contributed by atoms with Crippen LogP contribution in [0.25, 0.3) is 27.0 Å². The molecule has 0 bridgehead atoms. The van der Waals surface area contributed by atoms with Crippen LogP contribution < -0.4 is 0 Å². The van der Waals surface area contributed by atoms with Gasteiger partial charge in [-0.3, -0.25) is 0 Å². The lowest BCUT2D eigenvalue weighted by atomic mass is 9.88. The van der Waals surface area contributed by atoms with Crippen molar-refractivity contribution in [3.8, 4) is 16.8 Å². The minimum Gasteiger partial charge on any atom is -0.479 e. The monoisotopic (exact) mass is 503 g/mol. The molecule has 5 rings (SSSR count). The zero-order valence-corrected chi connectivity index (χ0v) is 22.6. The fraction of sp³-hybridized carbons (Fsp3) is 0.414. The number of fused-ring (bicyclic) bond motifs is 3. The Bertz CT molecular complexity index is 1480. The molecule has 1 atom stereocenters. The predicted molar refractivity (Wildman–Crippen MR) is 144 cm³/mol. The van der Waals surface area contributed by atoms with Crippen molar-refractivity contribution < 1.29 is 14.6 Å². The Morgan fingerprint density at radius 3 is 2.56 bits per heavy atom. The average molecular weight is 504 g/mol. The van der Waals surface area contributed by atoms with Crippen LogP contribution in [0.4, 0.5) is 0 Å². The number of carboxylic acid groups (broad SMARTS) is 1. The molecule has 7 heteroatoms. The SMILES string of the molecule is Cc1cc(C)n(-c2cccc(-c3c(C(OC(C)(C)C)C(=O)O)c(C)nc4sc5c(c34)CCCC5)c2)n1. The van der Waals surface area contributed by atoms with Crippen LogP contribution in [-0.2, 0) is 22.4 Å². The van der Waals surface area contributed by atoms with E-state index < -0.39 is 17.7 Å². The Balaban J connectivity index is 1.84. The van der Waals surface area contributed by atoms with E-state index in [9.17, 15) is 9.90 Å². The average Bonchev–Trinajstić information content (AvgIpc) is 3.34. The summed E-state index contributed by atoms with van der Waals surface area (Å²) in [5.41, 5.74) is 6.86. The summed E-state index contributed by atoms with van der Waals surface area (Å²) >= 11 is 1.75. The Hall–Kier alpha value is -3.03. The third-order valence-electron chi connectivity index (χ3n) is 6.68. The van der Waals surface area contributed by atoms with Gasteiger partial charge in [0.1, 0.15) is 4.83 Å². The highest BCUT2D eigenvalue weighted by atomic mass is 32.1. The van der Waals surface area contributed by atoms with Gasteiger partial charge in [-0.2, -0.15) is 5.10 Å². The van der Waals surface area contributed by atoms with Gasteiger partial charge in [-0.1, -0.05) is 12.1 Å². The maximum atomic E-state index is 12.6. The molecule has 0 saturated carbocycles. The maximum Gasteiger partial charge on any atom is 0.337 e. The third-order valence-corrected chi connectivity index (χ3v) is 7.86. The number of ether oxygens (including phenoxy) is 1. The molecule has 1 aliphatic rings. The number of aromatic nitrogens is 3. The minimum absolute atomic E-state index is 0.638. The molecule has 0 fully saturated rings. The number of aliphatic carboxylic acids is 1. The lowest BCUT2D eigenvalue weighted by molar-refractivity contribution is -0.160. The van der Waals surface area contributed by atoms with Gasteiger partial charge < -0.3 is 9.84 Å². The number of nitrogens with zero attached hydrogens (tertiary/aromatic N) is 3. The standard InChI is InChI=1S/C29H33N3O3S/c1-16-14-17(2)32(31-16)20-11-9-10-19(15-20)24-23(26(28(33)34)35-29(4,5)6)18(3)30-27-25(24)21-12-7-8-13-22(21)36-27/h9-11,14-15,26H,7-8,12-13H2,1-6H3,(H,33,34). The number of carboxylic acids is 1. The van der Waals surface area contributed by atoms with E-state index >= 15 is 0 Å². The highest BCUT2D eigenvalue weighted by molar-refractivity contribution is 7.19. The number of aryl methyl sites for hydroxylation is 5. The van der Waals surface area contributed by atoms with Gasteiger partial charge in [0.15, 0.2) is 6.10 Å². The smallest absolute Gasteiger partial charge is 0.337 e. The summed E-state index contributed by atoms with van der Waals surface area (Å²) < 4.78 is 8.12. The molecular formula is C29H33N3O3S. The van der Waals surface area contributed by atoms with Crippen LogP contribution >= 0.6 is 11.3 Å². The van der Waals surface area contributed by atoms with Crippen LogP contribution in [0, 0.1) is 20.8 Å². The Labute approximate surface area is 216 Å². The van der Waals surface area contributed by atoms with Gasteiger partial charge in [-0.05, 0) is 96.6 Å². The van der Waals surface area contributed by atoms with E-state index in [1.165, 1.54) is 16.9 Å². The van der Waals surface area contributed by atoms with Crippen LogP contribution in [0.15, 0.2) is 30.3 Å². The van der Waals surface area contributed by atoms with E-state index in [1.54, 1.807) is 11.3 Å². The van der Waals surface area contributed by atoms with Gasteiger partial charge in [0.2, 0.25) is 0 Å². The van der Waals surface area contributed by atoms with Gasteiger partial charge in [0.05, 0.1) is 17.0 Å². The van der Waals surface area contributed by atoms with Gasteiger partial charge in [-0.25, -0.2) is 14.5 Å². The first-order valence-electron chi connectivity index (χ1n) is 12.5. The molecule has 1 unspecified atom stereocenters. The van der Waals surface area contributed by atoms with E-state index in [0.29, 0.717) is 11.3 Å². The molecule has 0 spiro atoms. The lowest BCUT2D eigenvalue weighted by Crippen LogP contribution is -2.28. The van der Waals surface area contributed by atoms with E-state index in [1.807, 2.05) is 58.4 Å². The molecule has 3 heterocycles. The van der Waals surface area contributed by atoms with Crippen molar-refractivity contribution in [2.75, 3.05) is 0 Å². The number of thiophene rings is 1. The fourth-order valence-electron chi connectivity index (χ4n) is 5.31. The normalized spacial score (nSPS) is 14.7. The molecule has 0 saturated heterocycles. The summed E-state index contributed by atoms with van der Waals surface area (Å²) in [6.07, 6.45) is 3.22. The quantitative estimate of drug-likeness (QED) is 0.321. The molecular weight excluding hydrogens is 470 g/mol. The van der Waals surface area contributed by atoms with Crippen molar-refractivity contribution in [3.63, 3.8) is 0 Å². The zero-order valence-electron chi connectivity index (χ0n) is 21.8. The van der Waals surface area contributed by atoms with E-state index in [4.69, 9.17) is 9.72 Å². The summed E-state index contributed by atoms with van der Waals surface area (Å²) in [6, 6.07) is 10.3. The molecule has 1 N–H and O–H groups in total. The predicted octanol–water partition coefficient (Wildman–Crippen LogP) is 6.89. The maximum absolute atomic E-state index is 12.6. The summed E-state index contributed by atoms with van der Waals surface area (Å²) in [4.78, 5) is 20.0. The highest BCUT2D eigenvalue weighted by Crippen LogP contribution is 2.46. The minimum atomic E-state index is -1.13. The van der Waals surface area contributed by atoms with Gasteiger partial charge in [-0.15, -0.1) is 11.3 Å². The van der Waals surface area contributed by atoms with Crippen molar-refractivity contribution in [2.45, 2.75) is 78.9 Å². The van der Waals surface area contributed by atoms with Gasteiger partial charge in [0.25, 0.3) is 0 Å². The van der Waals surface area contributed by atoms with E-state index in [-0.39, 0.29) is 0 Å². The molecule has 3 aromatic heterocycles. The molecule has 0 aliphatic heterocycles. The first kappa shape index (κ1) is 24.7. The second kappa shape index (κ2) is 9.12. The Kier molecular flexibility index (Phi) is 6.25. The Morgan fingerprint density at radius 2 is 1.89 bits per heavy atom.